The second-order valence-electron chi connectivity index (χ2n) is 4.32. The van der Waals surface area contributed by atoms with Gasteiger partial charge in [0.2, 0.25) is 0 Å². The molecule has 1 N–H and O–H groups in total. The third-order valence-electron chi connectivity index (χ3n) is 2.58. The first-order valence-corrected chi connectivity index (χ1v) is 7.69. The SMILES string of the molecule is CC(CNS(=O)(=O)N(C)CCC#N)Oc1ccccc1. The molecule has 0 aliphatic carbocycles. The molecule has 1 unspecified atom stereocenters. The molecule has 0 spiro atoms. The van der Waals surface area contributed by atoms with Gasteiger partial charge in [0, 0.05) is 26.6 Å². The van der Waals surface area contributed by atoms with Crippen molar-refractivity contribution in [1.29, 1.82) is 5.26 Å². The molecule has 6 nitrogen and oxygen atoms in total. The third kappa shape index (κ3) is 5.57. The summed E-state index contributed by atoms with van der Waals surface area (Å²) in [5.41, 5.74) is 0. The number of para-hydroxylation sites is 1. The molecule has 1 atom stereocenters. The van der Waals surface area contributed by atoms with Gasteiger partial charge in [-0.3, -0.25) is 0 Å². The molecule has 110 valence electrons. The Morgan fingerprint density at radius 1 is 1.40 bits per heavy atom. The summed E-state index contributed by atoms with van der Waals surface area (Å²) in [6.45, 7) is 2.11. The molecular formula is C13H19N3O3S. The average molecular weight is 297 g/mol. The van der Waals surface area contributed by atoms with Gasteiger partial charge in [0.05, 0.1) is 6.07 Å². The van der Waals surface area contributed by atoms with Gasteiger partial charge in [0.1, 0.15) is 11.9 Å². The van der Waals surface area contributed by atoms with Crippen LogP contribution in [0.2, 0.25) is 0 Å². The number of hydrogen-bond donors (Lipinski definition) is 1. The zero-order valence-electron chi connectivity index (χ0n) is 11.6. The fourth-order valence-electron chi connectivity index (χ4n) is 1.43. The summed E-state index contributed by atoms with van der Waals surface area (Å²) in [5.74, 6) is 0.692. The topological polar surface area (TPSA) is 82.4 Å². The lowest BCUT2D eigenvalue weighted by Crippen LogP contribution is -2.42. The Labute approximate surface area is 120 Å². The van der Waals surface area contributed by atoms with E-state index in [2.05, 4.69) is 4.72 Å². The van der Waals surface area contributed by atoms with E-state index in [0.29, 0.717) is 5.75 Å². The van der Waals surface area contributed by atoms with Crippen molar-refractivity contribution in [1.82, 2.24) is 9.03 Å². The molecule has 0 amide bonds. The van der Waals surface area contributed by atoms with Gasteiger partial charge in [0.15, 0.2) is 0 Å². The summed E-state index contributed by atoms with van der Waals surface area (Å²) in [6.07, 6.45) is -0.135. The van der Waals surface area contributed by atoms with Crippen molar-refractivity contribution in [3.8, 4) is 11.8 Å². The molecule has 20 heavy (non-hydrogen) atoms. The highest BCUT2D eigenvalue weighted by atomic mass is 32.2. The Hall–Kier alpha value is -1.62. The van der Waals surface area contributed by atoms with Gasteiger partial charge in [0.25, 0.3) is 10.2 Å². The summed E-state index contributed by atoms with van der Waals surface area (Å²) in [5, 5.41) is 8.45. The maximum absolute atomic E-state index is 11.8. The molecule has 0 aliphatic rings. The van der Waals surface area contributed by atoms with E-state index < -0.39 is 10.2 Å². The molecule has 0 aromatic heterocycles. The first-order valence-electron chi connectivity index (χ1n) is 6.25. The zero-order chi connectivity index (χ0) is 15.0. The Balaban J connectivity index is 2.44. The van der Waals surface area contributed by atoms with Gasteiger partial charge < -0.3 is 4.74 Å². The van der Waals surface area contributed by atoms with Gasteiger partial charge >= 0.3 is 0 Å². The van der Waals surface area contributed by atoms with E-state index in [-0.39, 0.29) is 25.6 Å². The maximum Gasteiger partial charge on any atom is 0.279 e. The van der Waals surface area contributed by atoms with E-state index in [1.807, 2.05) is 36.4 Å². The van der Waals surface area contributed by atoms with Crippen LogP contribution in [-0.2, 0) is 10.2 Å². The van der Waals surface area contributed by atoms with E-state index in [1.165, 1.54) is 7.05 Å². The van der Waals surface area contributed by atoms with Crippen LogP contribution in [0.15, 0.2) is 30.3 Å². The molecule has 7 heteroatoms. The first kappa shape index (κ1) is 16.4. The first-order chi connectivity index (χ1) is 9.45. The summed E-state index contributed by atoms with van der Waals surface area (Å²) >= 11 is 0. The highest BCUT2D eigenvalue weighted by Gasteiger charge is 2.18. The second-order valence-corrected chi connectivity index (χ2v) is 6.19. The lowest BCUT2D eigenvalue weighted by Gasteiger charge is -2.19. The monoisotopic (exact) mass is 297 g/mol. The van der Waals surface area contributed by atoms with Crippen LogP contribution in [0.25, 0.3) is 0 Å². The Morgan fingerprint density at radius 2 is 2.05 bits per heavy atom. The van der Waals surface area contributed by atoms with Gasteiger partial charge in [-0.15, -0.1) is 0 Å². The summed E-state index contributed by atoms with van der Waals surface area (Å²) in [7, 11) is -2.13. The fraction of sp³-hybridized carbons (Fsp3) is 0.462. The number of hydrogen-bond acceptors (Lipinski definition) is 4. The van der Waals surface area contributed by atoms with Gasteiger partial charge in [-0.2, -0.15) is 22.7 Å². The minimum atomic E-state index is -3.57. The summed E-state index contributed by atoms with van der Waals surface area (Å²) in [6, 6.07) is 11.1. The standard InChI is InChI=1S/C13H19N3O3S/c1-12(19-13-7-4-3-5-8-13)11-15-20(17,18)16(2)10-6-9-14/h3-5,7-8,12,15H,6,10-11H2,1-2H3. The van der Waals surface area contributed by atoms with Crippen LogP contribution in [-0.4, -0.2) is 39.0 Å². The van der Waals surface area contributed by atoms with Gasteiger partial charge in [-0.1, -0.05) is 18.2 Å². The maximum atomic E-state index is 11.8. The largest absolute Gasteiger partial charge is 0.489 e. The Kier molecular flexibility index (Phi) is 6.45. The summed E-state index contributed by atoms with van der Waals surface area (Å²) in [4.78, 5) is 0. The molecule has 1 rings (SSSR count). The van der Waals surface area contributed by atoms with Gasteiger partial charge in [-0.25, -0.2) is 0 Å². The molecule has 0 aliphatic heterocycles. The van der Waals surface area contributed by atoms with Crippen LogP contribution in [0.5, 0.6) is 5.75 Å². The third-order valence-corrected chi connectivity index (χ3v) is 4.12. The van der Waals surface area contributed by atoms with Crippen molar-refractivity contribution in [2.24, 2.45) is 0 Å². The molecule has 0 radical (unpaired) electrons. The van der Waals surface area contributed by atoms with E-state index in [0.717, 1.165) is 4.31 Å². The fourth-order valence-corrected chi connectivity index (χ4v) is 2.43. The van der Waals surface area contributed by atoms with Crippen molar-refractivity contribution < 1.29 is 13.2 Å². The van der Waals surface area contributed by atoms with Crippen LogP contribution >= 0.6 is 0 Å². The smallest absolute Gasteiger partial charge is 0.279 e. The quantitative estimate of drug-likeness (QED) is 0.780. The van der Waals surface area contributed by atoms with E-state index >= 15 is 0 Å². The van der Waals surface area contributed by atoms with Crippen LogP contribution < -0.4 is 9.46 Å². The number of ether oxygens (including phenoxy) is 1. The minimum Gasteiger partial charge on any atom is -0.489 e. The zero-order valence-corrected chi connectivity index (χ0v) is 12.4. The predicted octanol–water partition coefficient (Wildman–Crippen LogP) is 1.13. The summed E-state index contributed by atoms with van der Waals surface area (Å²) < 4.78 is 32.8. The number of nitriles is 1. The lowest BCUT2D eigenvalue weighted by atomic mass is 10.3. The highest BCUT2D eigenvalue weighted by Crippen LogP contribution is 2.10. The molecule has 1 aromatic rings. The molecule has 0 saturated carbocycles. The molecular weight excluding hydrogens is 278 g/mol. The average Bonchev–Trinajstić information content (AvgIpc) is 2.43. The van der Waals surface area contributed by atoms with E-state index in [4.69, 9.17) is 10.00 Å². The normalized spacial score (nSPS) is 12.9. The van der Waals surface area contributed by atoms with Crippen LogP contribution in [0.3, 0.4) is 0 Å². The Bertz CT molecular complexity index is 540. The number of benzene rings is 1. The molecule has 0 bridgehead atoms. The second kappa shape index (κ2) is 7.85. The van der Waals surface area contributed by atoms with Crippen molar-refractivity contribution in [3.05, 3.63) is 30.3 Å². The molecule has 1 aromatic carbocycles. The van der Waals surface area contributed by atoms with Crippen molar-refractivity contribution in [2.45, 2.75) is 19.4 Å². The molecule has 0 saturated heterocycles. The molecule has 0 heterocycles. The lowest BCUT2D eigenvalue weighted by molar-refractivity contribution is 0.224. The van der Waals surface area contributed by atoms with Crippen LogP contribution in [0, 0.1) is 11.3 Å². The highest BCUT2D eigenvalue weighted by molar-refractivity contribution is 7.87. The van der Waals surface area contributed by atoms with Crippen LogP contribution in [0.1, 0.15) is 13.3 Å². The van der Waals surface area contributed by atoms with Crippen molar-refractivity contribution >= 4 is 10.2 Å². The van der Waals surface area contributed by atoms with Gasteiger partial charge in [-0.05, 0) is 19.1 Å². The molecule has 0 fully saturated rings. The predicted molar refractivity (Wildman–Crippen MR) is 76.3 cm³/mol. The minimum absolute atomic E-state index is 0.160. The Morgan fingerprint density at radius 3 is 2.65 bits per heavy atom. The number of nitrogens with one attached hydrogen (secondary N) is 1. The van der Waals surface area contributed by atoms with E-state index in [9.17, 15) is 8.42 Å². The number of nitrogens with zero attached hydrogens (tertiary/aromatic N) is 2. The van der Waals surface area contributed by atoms with Crippen molar-refractivity contribution in [2.75, 3.05) is 20.1 Å². The number of rotatable bonds is 8. The van der Waals surface area contributed by atoms with Crippen molar-refractivity contribution in [3.63, 3.8) is 0 Å². The van der Waals surface area contributed by atoms with Crippen LogP contribution in [0.4, 0.5) is 0 Å². The van der Waals surface area contributed by atoms with E-state index in [1.54, 1.807) is 6.92 Å².